The molecule has 0 radical (unpaired) electrons. The number of hydrogen-bond acceptors (Lipinski definition) is 3. The van der Waals surface area contributed by atoms with Gasteiger partial charge in [0.2, 0.25) is 0 Å². The van der Waals surface area contributed by atoms with Gasteiger partial charge in [-0.2, -0.15) is 0 Å². The van der Waals surface area contributed by atoms with Crippen molar-refractivity contribution in [3.63, 3.8) is 0 Å². The molecule has 2 aliphatic heterocycles. The average Bonchev–Trinajstić information content (AvgIpc) is 2.65. The van der Waals surface area contributed by atoms with E-state index in [-0.39, 0.29) is 11.8 Å². The number of amides is 2. The van der Waals surface area contributed by atoms with Gasteiger partial charge < -0.3 is 5.32 Å². The lowest BCUT2D eigenvalue weighted by Crippen LogP contribution is -2.38. The molecule has 2 heterocycles. The number of nitrogens with one attached hydrogen (secondary N) is 1. The molecule has 100 valence electrons. The van der Waals surface area contributed by atoms with Gasteiger partial charge in [-0.05, 0) is 50.0 Å². The largest absolute Gasteiger partial charge is 0.317 e. The van der Waals surface area contributed by atoms with Gasteiger partial charge in [0.25, 0.3) is 11.8 Å². The van der Waals surface area contributed by atoms with Gasteiger partial charge in [-0.15, -0.1) is 0 Å². The van der Waals surface area contributed by atoms with Crippen molar-refractivity contribution in [1.29, 1.82) is 0 Å². The zero-order valence-corrected chi connectivity index (χ0v) is 12.1. The lowest BCUT2D eigenvalue weighted by molar-refractivity contribution is 0.0619. The molecule has 1 aromatic carbocycles. The van der Waals surface area contributed by atoms with Crippen molar-refractivity contribution in [2.24, 2.45) is 5.92 Å². The van der Waals surface area contributed by atoms with Gasteiger partial charge in [0.1, 0.15) is 0 Å². The molecule has 1 fully saturated rings. The fraction of sp³-hybridized carbons (Fsp3) is 0.429. The Kier molecular flexibility index (Phi) is 3.41. The topological polar surface area (TPSA) is 49.4 Å². The lowest BCUT2D eigenvalue weighted by atomic mass is 9.97. The first-order valence-electron chi connectivity index (χ1n) is 6.53. The Hall–Kier alpha value is -1.20. The van der Waals surface area contributed by atoms with Crippen LogP contribution in [0.5, 0.6) is 0 Å². The van der Waals surface area contributed by atoms with Crippen LogP contribution in [0.2, 0.25) is 0 Å². The second-order valence-electron chi connectivity index (χ2n) is 5.10. The number of carbonyl (C=O) groups is 2. The van der Waals surface area contributed by atoms with Gasteiger partial charge >= 0.3 is 0 Å². The number of piperidine rings is 1. The maximum absolute atomic E-state index is 12.3. The normalized spacial score (nSPS) is 19.9. The number of carbonyl (C=O) groups excluding carboxylic acids is 2. The van der Waals surface area contributed by atoms with E-state index < -0.39 is 0 Å². The Labute approximate surface area is 120 Å². The summed E-state index contributed by atoms with van der Waals surface area (Å²) in [5.41, 5.74) is 1.05. The molecule has 5 heteroatoms. The molecular formula is C14H15BrN2O2. The summed E-state index contributed by atoms with van der Waals surface area (Å²) in [7, 11) is 0. The number of imide groups is 1. The number of rotatable bonds is 2. The third-order valence-electron chi connectivity index (χ3n) is 3.83. The standard InChI is InChI=1S/C14H15BrN2O2/c15-10-1-2-11-12(7-10)14(19)17(13(11)18)8-9-3-5-16-6-4-9/h1-2,7,9,16H,3-6,8H2. The van der Waals surface area contributed by atoms with Crippen LogP contribution in [0.25, 0.3) is 0 Å². The van der Waals surface area contributed by atoms with E-state index in [1.807, 2.05) is 0 Å². The van der Waals surface area contributed by atoms with Crippen LogP contribution in [-0.2, 0) is 0 Å². The minimum absolute atomic E-state index is 0.147. The van der Waals surface area contributed by atoms with Crippen molar-refractivity contribution in [3.8, 4) is 0 Å². The minimum atomic E-state index is -0.153. The molecule has 1 aromatic rings. The maximum atomic E-state index is 12.3. The van der Waals surface area contributed by atoms with Crippen molar-refractivity contribution in [2.75, 3.05) is 19.6 Å². The van der Waals surface area contributed by atoms with E-state index in [4.69, 9.17) is 0 Å². The number of hydrogen-bond donors (Lipinski definition) is 1. The van der Waals surface area contributed by atoms with Crippen LogP contribution in [0.15, 0.2) is 22.7 Å². The zero-order chi connectivity index (χ0) is 13.4. The predicted molar refractivity (Wildman–Crippen MR) is 75.1 cm³/mol. The molecule has 2 amide bonds. The summed E-state index contributed by atoms with van der Waals surface area (Å²) in [6, 6.07) is 5.26. The van der Waals surface area contributed by atoms with Gasteiger partial charge in [-0.1, -0.05) is 15.9 Å². The van der Waals surface area contributed by atoms with E-state index in [1.54, 1.807) is 18.2 Å². The number of nitrogens with zero attached hydrogens (tertiary/aromatic N) is 1. The third kappa shape index (κ3) is 2.32. The fourth-order valence-corrected chi connectivity index (χ4v) is 3.11. The van der Waals surface area contributed by atoms with Gasteiger partial charge in [-0.3, -0.25) is 14.5 Å². The Balaban J connectivity index is 1.81. The summed E-state index contributed by atoms with van der Waals surface area (Å²) in [4.78, 5) is 26.0. The summed E-state index contributed by atoms with van der Waals surface area (Å²) in [5.74, 6) is 0.123. The molecule has 19 heavy (non-hydrogen) atoms. The summed E-state index contributed by atoms with van der Waals surface area (Å²) in [5, 5.41) is 3.29. The summed E-state index contributed by atoms with van der Waals surface area (Å²) in [6.45, 7) is 2.49. The van der Waals surface area contributed by atoms with E-state index in [2.05, 4.69) is 21.2 Å². The molecule has 1 N–H and O–H groups in total. The molecule has 0 bridgehead atoms. The third-order valence-corrected chi connectivity index (χ3v) is 4.33. The van der Waals surface area contributed by atoms with Crippen LogP contribution in [0.4, 0.5) is 0 Å². The highest BCUT2D eigenvalue weighted by Gasteiger charge is 2.36. The van der Waals surface area contributed by atoms with E-state index in [9.17, 15) is 9.59 Å². The van der Waals surface area contributed by atoms with Gasteiger partial charge in [0.05, 0.1) is 11.1 Å². The summed E-state index contributed by atoms with van der Waals surface area (Å²) in [6.07, 6.45) is 2.05. The van der Waals surface area contributed by atoms with Crippen LogP contribution >= 0.6 is 15.9 Å². The van der Waals surface area contributed by atoms with Crippen molar-refractivity contribution < 1.29 is 9.59 Å². The van der Waals surface area contributed by atoms with E-state index in [0.29, 0.717) is 23.6 Å². The first-order valence-corrected chi connectivity index (χ1v) is 7.32. The molecule has 0 aliphatic carbocycles. The second kappa shape index (κ2) is 5.06. The first kappa shape index (κ1) is 12.8. The lowest BCUT2D eigenvalue weighted by Gasteiger charge is -2.26. The molecule has 0 saturated carbocycles. The van der Waals surface area contributed by atoms with E-state index >= 15 is 0 Å². The molecule has 0 atom stereocenters. The maximum Gasteiger partial charge on any atom is 0.261 e. The molecule has 4 nitrogen and oxygen atoms in total. The first-order chi connectivity index (χ1) is 9.16. The van der Waals surface area contributed by atoms with Crippen LogP contribution in [-0.4, -0.2) is 36.3 Å². The Morgan fingerprint density at radius 3 is 2.58 bits per heavy atom. The van der Waals surface area contributed by atoms with Gasteiger partial charge in [0.15, 0.2) is 0 Å². The van der Waals surface area contributed by atoms with Crippen LogP contribution < -0.4 is 5.32 Å². The van der Waals surface area contributed by atoms with Crippen molar-refractivity contribution in [1.82, 2.24) is 10.2 Å². The summed E-state index contributed by atoms with van der Waals surface area (Å²) < 4.78 is 0.830. The molecule has 1 saturated heterocycles. The summed E-state index contributed by atoms with van der Waals surface area (Å²) >= 11 is 3.34. The van der Waals surface area contributed by atoms with Crippen molar-refractivity contribution >= 4 is 27.7 Å². The van der Waals surface area contributed by atoms with Crippen LogP contribution in [0.3, 0.4) is 0 Å². The molecule has 2 aliphatic rings. The van der Waals surface area contributed by atoms with Crippen LogP contribution in [0, 0.1) is 5.92 Å². The molecule has 0 unspecified atom stereocenters. The SMILES string of the molecule is O=C1c2ccc(Br)cc2C(=O)N1CC1CCNCC1. The number of fused-ring (bicyclic) bond motifs is 1. The molecule has 0 aromatic heterocycles. The van der Waals surface area contributed by atoms with Crippen molar-refractivity contribution in [2.45, 2.75) is 12.8 Å². The Morgan fingerprint density at radius 2 is 1.84 bits per heavy atom. The van der Waals surface area contributed by atoms with Gasteiger partial charge in [0, 0.05) is 11.0 Å². The quantitative estimate of drug-likeness (QED) is 0.848. The van der Waals surface area contributed by atoms with E-state index in [1.165, 1.54) is 4.90 Å². The predicted octanol–water partition coefficient (Wildman–Crippen LogP) is 2.04. The highest BCUT2D eigenvalue weighted by molar-refractivity contribution is 9.10. The number of benzene rings is 1. The Bertz CT molecular complexity index is 538. The fourth-order valence-electron chi connectivity index (χ4n) is 2.75. The molecule has 0 spiro atoms. The molecule has 3 rings (SSSR count). The smallest absolute Gasteiger partial charge is 0.261 e. The van der Waals surface area contributed by atoms with Gasteiger partial charge in [-0.25, -0.2) is 0 Å². The van der Waals surface area contributed by atoms with Crippen LogP contribution in [0.1, 0.15) is 33.6 Å². The Morgan fingerprint density at radius 1 is 1.16 bits per heavy atom. The minimum Gasteiger partial charge on any atom is -0.317 e. The monoisotopic (exact) mass is 322 g/mol. The molecular weight excluding hydrogens is 308 g/mol. The zero-order valence-electron chi connectivity index (χ0n) is 10.5. The second-order valence-corrected chi connectivity index (χ2v) is 6.02. The number of halogens is 1. The van der Waals surface area contributed by atoms with Crippen molar-refractivity contribution in [3.05, 3.63) is 33.8 Å². The highest BCUT2D eigenvalue weighted by atomic mass is 79.9. The highest BCUT2D eigenvalue weighted by Crippen LogP contribution is 2.27. The van der Waals surface area contributed by atoms with E-state index in [0.717, 1.165) is 30.4 Å². The average molecular weight is 323 g/mol.